The number of fused-ring (bicyclic) bond motifs is 1. The lowest BCUT2D eigenvalue weighted by Crippen LogP contribution is -2.38. The minimum Gasteiger partial charge on any atom is -0.399 e. The molecule has 0 aliphatic carbocycles. The first-order valence-electron chi connectivity index (χ1n) is 6.60. The number of aliphatic hydroxyl groups excluding tert-OH is 3. The average Bonchev–Trinajstić information content (AvgIpc) is 2.75. The maximum atomic E-state index is 12.1. The van der Waals surface area contributed by atoms with Crippen molar-refractivity contribution in [1.82, 2.24) is 9.55 Å². The third-order valence-electron chi connectivity index (χ3n) is 3.74. The molecule has 1 saturated heterocycles. The molecule has 0 bridgehead atoms. The van der Waals surface area contributed by atoms with Gasteiger partial charge in [0.05, 0.1) is 17.5 Å². The predicted molar refractivity (Wildman–Crippen MR) is 76.3 cm³/mol. The van der Waals surface area contributed by atoms with Crippen LogP contribution in [0.4, 0.5) is 5.69 Å². The van der Waals surface area contributed by atoms with Gasteiger partial charge < -0.3 is 25.8 Å². The van der Waals surface area contributed by atoms with Gasteiger partial charge in [-0.25, -0.2) is 4.79 Å². The fourth-order valence-electron chi connectivity index (χ4n) is 2.62. The fraction of sp³-hybridized carbons (Fsp3) is 0.385. The van der Waals surface area contributed by atoms with E-state index < -0.39 is 42.4 Å². The van der Waals surface area contributed by atoms with Crippen LogP contribution >= 0.6 is 0 Å². The molecular formula is C13H15N3O6. The van der Waals surface area contributed by atoms with Crippen molar-refractivity contribution in [2.45, 2.75) is 24.5 Å². The standard InChI is InChI=1S/C13H15N3O6/c14-5-1-2-6-7(3-5)16(13(21)15-11(6)20)12-10(19)9(18)8(4-17)22-12/h1-3,8-10,12,17-19H,4,14H2,(H,15,20,21)/t8-,9-,10-,12-/m1/s1. The van der Waals surface area contributed by atoms with E-state index in [0.29, 0.717) is 5.69 Å². The molecule has 2 heterocycles. The lowest BCUT2D eigenvalue weighted by molar-refractivity contribution is -0.0527. The van der Waals surface area contributed by atoms with Crippen molar-refractivity contribution in [3.05, 3.63) is 39.0 Å². The molecule has 1 aliphatic heterocycles. The van der Waals surface area contributed by atoms with E-state index in [2.05, 4.69) is 4.98 Å². The molecule has 3 rings (SSSR count). The number of hydrogen-bond acceptors (Lipinski definition) is 7. The van der Waals surface area contributed by atoms with Crippen LogP contribution in [-0.2, 0) is 4.74 Å². The first-order chi connectivity index (χ1) is 10.4. The molecule has 0 unspecified atom stereocenters. The van der Waals surface area contributed by atoms with Gasteiger partial charge in [-0.15, -0.1) is 0 Å². The van der Waals surface area contributed by atoms with Crippen LogP contribution in [0.5, 0.6) is 0 Å². The number of nitrogen functional groups attached to an aromatic ring is 1. The van der Waals surface area contributed by atoms with Crippen LogP contribution in [0, 0.1) is 0 Å². The Morgan fingerprint density at radius 3 is 2.64 bits per heavy atom. The molecule has 0 radical (unpaired) electrons. The van der Waals surface area contributed by atoms with Crippen LogP contribution < -0.4 is 17.0 Å². The molecule has 2 aromatic rings. The quantitative estimate of drug-likeness (QED) is 0.398. The second-order valence-electron chi connectivity index (χ2n) is 5.13. The van der Waals surface area contributed by atoms with Gasteiger partial charge >= 0.3 is 5.69 Å². The summed E-state index contributed by atoms with van der Waals surface area (Å²) in [6.07, 6.45) is -5.08. The molecule has 118 valence electrons. The van der Waals surface area contributed by atoms with E-state index in [1.54, 1.807) is 0 Å². The van der Waals surface area contributed by atoms with Gasteiger partial charge in [0.25, 0.3) is 5.56 Å². The lowest BCUT2D eigenvalue weighted by atomic mass is 10.1. The summed E-state index contributed by atoms with van der Waals surface area (Å²) < 4.78 is 6.35. The molecule has 1 aliphatic rings. The predicted octanol–water partition coefficient (Wildman–Crippen LogP) is -2.12. The number of ether oxygens (including phenoxy) is 1. The Balaban J connectivity index is 2.25. The normalized spacial score (nSPS) is 28.3. The zero-order chi connectivity index (χ0) is 16.0. The third-order valence-corrected chi connectivity index (χ3v) is 3.74. The number of rotatable bonds is 2. The van der Waals surface area contributed by atoms with E-state index in [1.807, 2.05) is 0 Å². The smallest absolute Gasteiger partial charge is 0.331 e. The van der Waals surface area contributed by atoms with E-state index in [1.165, 1.54) is 18.2 Å². The highest BCUT2D eigenvalue weighted by atomic mass is 16.6. The van der Waals surface area contributed by atoms with E-state index >= 15 is 0 Å². The van der Waals surface area contributed by atoms with Crippen LogP contribution in [0.3, 0.4) is 0 Å². The molecule has 9 nitrogen and oxygen atoms in total. The largest absolute Gasteiger partial charge is 0.399 e. The maximum absolute atomic E-state index is 12.1. The summed E-state index contributed by atoms with van der Waals surface area (Å²) in [7, 11) is 0. The Morgan fingerprint density at radius 1 is 1.27 bits per heavy atom. The van der Waals surface area contributed by atoms with E-state index in [-0.39, 0.29) is 10.9 Å². The Hall–Kier alpha value is -2.20. The van der Waals surface area contributed by atoms with E-state index in [9.17, 15) is 19.8 Å². The summed E-state index contributed by atoms with van der Waals surface area (Å²) in [4.78, 5) is 26.1. The highest BCUT2D eigenvalue weighted by Crippen LogP contribution is 2.30. The SMILES string of the molecule is Nc1ccc2c(=O)[nH]c(=O)n([C@@H]3O[C@H](CO)[C@@H](O)[C@H]3O)c2c1. The van der Waals surface area contributed by atoms with Gasteiger partial charge in [0.1, 0.15) is 18.3 Å². The number of aromatic amines is 1. The molecule has 1 aromatic heterocycles. The Labute approximate surface area is 123 Å². The van der Waals surface area contributed by atoms with Crippen molar-refractivity contribution < 1.29 is 20.1 Å². The zero-order valence-corrected chi connectivity index (χ0v) is 11.3. The summed E-state index contributed by atoms with van der Waals surface area (Å²) in [6.45, 7) is -0.521. The van der Waals surface area contributed by atoms with Crippen molar-refractivity contribution in [2.24, 2.45) is 0 Å². The van der Waals surface area contributed by atoms with Crippen LogP contribution in [0.1, 0.15) is 6.23 Å². The highest BCUT2D eigenvalue weighted by molar-refractivity contribution is 5.81. The second-order valence-corrected chi connectivity index (χ2v) is 5.13. The van der Waals surface area contributed by atoms with Gasteiger partial charge in [-0.3, -0.25) is 14.3 Å². The van der Waals surface area contributed by atoms with Gasteiger partial charge in [-0.1, -0.05) is 0 Å². The zero-order valence-electron chi connectivity index (χ0n) is 11.3. The number of aliphatic hydroxyl groups is 3. The minimum absolute atomic E-state index is 0.170. The van der Waals surface area contributed by atoms with Crippen molar-refractivity contribution in [3.63, 3.8) is 0 Å². The number of aromatic nitrogens is 2. The molecular weight excluding hydrogens is 294 g/mol. The summed E-state index contributed by atoms with van der Waals surface area (Å²) >= 11 is 0. The topological polar surface area (TPSA) is 151 Å². The number of anilines is 1. The van der Waals surface area contributed by atoms with E-state index in [4.69, 9.17) is 15.6 Å². The van der Waals surface area contributed by atoms with Crippen molar-refractivity contribution in [1.29, 1.82) is 0 Å². The first-order valence-corrected chi connectivity index (χ1v) is 6.60. The summed E-state index contributed by atoms with van der Waals surface area (Å²) in [5.41, 5.74) is 4.77. The summed E-state index contributed by atoms with van der Waals surface area (Å²) in [5, 5.41) is 29.2. The maximum Gasteiger partial charge on any atom is 0.331 e. The lowest BCUT2D eigenvalue weighted by Gasteiger charge is -2.19. The molecule has 0 spiro atoms. The van der Waals surface area contributed by atoms with Gasteiger partial charge in [0.15, 0.2) is 6.23 Å². The van der Waals surface area contributed by atoms with Gasteiger partial charge in [-0.05, 0) is 18.2 Å². The Morgan fingerprint density at radius 2 is 2.00 bits per heavy atom. The average molecular weight is 309 g/mol. The highest BCUT2D eigenvalue weighted by Gasteiger charge is 2.44. The number of hydrogen-bond donors (Lipinski definition) is 5. The molecule has 1 fully saturated rings. The number of benzene rings is 1. The molecule has 22 heavy (non-hydrogen) atoms. The monoisotopic (exact) mass is 309 g/mol. The van der Waals surface area contributed by atoms with E-state index in [0.717, 1.165) is 4.57 Å². The Bertz CT molecular complexity index is 829. The number of nitrogens with two attached hydrogens (primary N) is 1. The summed E-state index contributed by atoms with van der Waals surface area (Å²) in [6, 6.07) is 4.35. The first kappa shape index (κ1) is 14.7. The van der Waals surface area contributed by atoms with Gasteiger partial charge in [-0.2, -0.15) is 0 Å². The van der Waals surface area contributed by atoms with Crippen molar-refractivity contribution in [3.8, 4) is 0 Å². The number of H-pyrrole nitrogens is 1. The molecule has 0 saturated carbocycles. The minimum atomic E-state index is -1.44. The number of nitrogens with zero attached hydrogens (tertiary/aromatic N) is 1. The van der Waals surface area contributed by atoms with Crippen LogP contribution in [-0.4, -0.2) is 49.8 Å². The van der Waals surface area contributed by atoms with Gasteiger partial charge in [0.2, 0.25) is 0 Å². The summed E-state index contributed by atoms with van der Waals surface area (Å²) in [5.74, 6) is 0. The third kappa shape index (κ3) is 2.11. The molecule has 4 atom stereocenters. The van der Waals surface area contributed by atoms with Crippen LogP contribution in [0.2, 0.25) is 0 Å². The second kappa shape index (κ2) is 5.21. The van der Waals surface area contributed by atoms with Crippen molar-refractivity contribution >= 4 is 16.6 Å². The number of nitrogens with one attached hydrogen (secondary N) is 1. The molecule has 1 aromatic carbocycles. The Kier molecular flexibility index (Phi) is 3.49. The molecule has 9 heteroatoms. The van der Waals surface area contributed by atoms with Gasteiger partial charge in [0, 0.05) is 5.69 Å². The van der Waals surface area contributed by atoms with Crippen LogP contribution in [0.15, 0.2) is 27.8 Å². The molecule has 6 N–H and O–H groups in total. The van der Waals surface area contributed by atoms with Crippen molar-refractivity contribution in [2.75, 3.05) is 12.3 Å². The fourth-order valence-corrected chi connectivity index (χ4v) is 2.62. The van der Waals surface area contributed by atoms with Crippen LogP contribution in [0.25, 0.3) is 10.9 Å². The molecule has 0 amide bonds.